The average molecular weight is 322 g/mol. The van der Waals surface area contributed by atoms with Gasteiger partial charge in [0.05, 0.1) is 6.21 Å². The van der Waals surface area contributed by atoms with Crippen molar-refractivity contribution in [3.8, 4) is 5.75 Å². The Hall–Kier alpha value is -2.88. The first-order valence-corrected chi connectivity index (χ1v) is 7.80. The molecule has 24 heavy (non-hydrogen) atoms. The van der Waals surface area contributed by atoms with E-state index in [9.17, 15) is 4.79 Å². The van der Waals surface area contributed by atoms with Crippen LogP contribution in [0.2, 0.25) is 0 Å². The normalized spacial score (nSPS) is 11.5. The Morgan fingerprint density at radius 3 is 2.58 bits per heavy atom. The smallest absolute Gasteiger partial charge is 0.277 e. The second-order valence-corrected chi connectivity index (χ2v) is 5.63. The maximum Gasteiger partial charge on any atom is 0.277 e. The molecule has 0 radical (unpaired) electrons. The lowest BCUT2D eigenvalue weighted by atomic mass is 10.1. The fraction of sp³-hybridized carbons (Fsp3) is 0.200. The van der Waals surface area contributed by atoms with E-state index in [1.54, 1.807) is 6.21 Å². The topological polar surface area (TPSA) is 50.7 Å². The fourth-order valence-corrected chi connectivity index (χ4v) is 2.04. The summed E-state index contributed by atoms with van der Waals surface area (Å²) in [6, 6.07) is 15.7. The summed E-state index contributed by atoms with van der Waals surface area (Å²) in [5.41, 5.74) is 6.81. The third-order valence-electron chi connectivity index (χ3n) is 3.50. The van der Waals surface area contributed by atoms with Gasteiger partial charge in [-0.25, -0.2) is 5.43 Å². The minimum Gasteiger partial charge on any atom is -0.484 e. The average Bonchev–Trinajstić information content (AvgIpc) is 2.57. The van der Waals surface area contributed by atoms with Crippen LogP contribution < -0.4 is 10.2 Å². The van der Waals surface area contributed by atoms with E-state index in [2.05, 4.69) is 10.5 Å². The minimum absolute atomic E-state index is 0.0682. The fourth-order valence-electron chi connectivity index (χ4n) is 2.04. The first kappa shape index (κ1) is 17.5. The third-order valence-corrected chi connectivity index (χ3v) is 3.50. The van der Waals surface area contributed by atoms with Gasteiger partial charge in [-0.3, -0.25) is 4.79 Å². The van der Waals surface area contributed by atoms with Crippen molar-refractivity contribution in [2.75, 3.05) is 6.61 Å². The molecule has 1 N–H and O–H groups in total. The van der Waals surface area contributed by atoms with Crippen molar-refractivity contribution in [3.05, 3.63) is 70.8 Å². The highest BCUT2D eigenvalue weighted by Gasteiger charge is 2.02. The molecule has 2 rings (SSSR count). The standard InChI is InChI=1S/C20H22N2O2/c1-15(11-18-7-5-4-6-8-18)13-21-22-20(23)14-24-19-10-9-16(2)17(3)12-19/h4-13H,14H2,1-3H3,(H,22,23)/b15-11-,21-13+. The summed E-state index contributed by atoms with van der Waals surface area (Å²) in [5.74, 6) is 0.384. The molecule has 0 aliphatic rings. The molecule has 124 valence electrons. The van der Waals surface area contributed by atoms with Crippen LogP contribution in [0, 0.1) is 13.8 Å². The number of hydrogen-bond donors (Lipinski definition) is 1. The number of nitrogens with zero attached hydrogens (tertiary/aromatic N) is 1. The predicted molar refractivity (Wildman–Crippen MR) is 98.1 cm³/mol. The SMILES string of the molecule is CC(=C/c1ccccc1)/C=N/NC(=O)COc1ccc(C)c(C)c1. The number of nitrogens with one attached hydrogen (secondary N) is 1. The molecule has 0 saturated carbocycles. The molecule has 2 aromatic rings. The van der Waals surface area contributed by atoms with Crippen LogP contribution in [0.1, 0.15) is 23.6 Å². The van der Waals surface area contributed by atoms with Gasteiger partial charge in [0.2, 0.25) is 0 Å². The van der Waals surface area contributed by atoms with Gasteiger partial charge in [0.15, 0.2) is 6.61 Å². The summed E-state index contributed by atoms with van der Waals surface area (Å²) in [6.45, 7) is 5.90. The molecular formula is C20H22N2O2. The van der Waals surface area contributed by atoms with E-state index in [4.69, 9.17) is 4.74 Å². The van der Waals surface area contributed by atoms with Crippen LogP contribution in [0.25, 0.3) is 6.08 Å². The quantitative estimate of drug-likeness (QED) is 0.648. The number of rotatable bonds is 6. The molecule has 0 fully saturated rings. The van der Waals surface area contributed by atoms with Gasteiger partial charge in [-0.2, -0.15) is 5.10 Å². The molecule has 0 unspecified atom stereocenters. The van der Waals surface area contributed by atoms with Crippen LogP contribution in [-0.2, 0) is 4.79 Å². The predicted octanol–water partition coefficient (Wildman–Crippen LogP) is 3.89. The van der Waals surface area contributed by atoms with Crippen molar-refractivity contribution in [2.45, 2.75) is 20.8 Å². The van der Waals surface area contributed by atoms with Gasteiger partial charge in [-0.1, -0.05) is 42.5 Å². The van der Waals surface area contributed by atoms with Gasteiger partial charge in [0, 0.05) is 0 Å². The van der Waals surface area contributed by atoms with E-state index < -0.39 is 0 Å². The maximum absolute atomic E-state index is 11.7. The Morgan fingerprint density at radius 1 is 1.12 bits per heavy atom. The third kappa shape index (κ3) is 5.72. The molecule has 0 atom stereocenters. The van der Waals surface area contributed by atoms with Crippen LogP contribution in [0.5, 0.6) is 5.75 Å². The Kier molecular flexibility index (Phi) is 6.32. The zero-order valence-corrected chi connectivity index (χ0v) is 14.2. The Morgan fingerprint density at radius 2 is 1.88 bits per heavy atom. The Labute approximate surface area is 142 Å². The van der Waals surface area contributed by atoms with E-state index >= 15 is 0 Å². The van der Waals surface area contributed by atoms with E-state index in [-0.39, 0.29) is 12.5 Å². The van der Waals surface area contributed by atoms with Crippen molar-refractivity contribution in [1.29, 1.82) is 0 Å². The number of benzene rings is 2. The number of amides is 1. The van der Waals surface area contributed by atoms with E-state index in [1.165, 1.54) is 5.56 Å². The summed E-state index contributed by atoms with van der Waals surface area (Å²) >= 11 is 0. The Bertz CT molecular complexity index is 749. The Balaban J connectivity index is 1.80. The van der Waals surface area contributed by atoms with Crippen molar-refractivity contribution in [3.63, 3.8) is 0 Å². The lowest BCUT2D eigenvalue weighted by molar-refractivity contribution is -0.123. The molecule has 4 heteroatoms. The first-order valence-electron chi connectivity index (χ1n) is 7.80. The summed E-state index contributed by atoms with van der Waals surface area (Å²) in [6.07, 6.45) is 3.60. The molecule has 0 bridgehead atoms. The molecular weight excluding hydrogens is 300 g/mol. The highest BCUT2D eigenvalue weighted by atomic mass is 16.5. The van der Waals surface area contributed by atoms with E-state index in [1.807, 2.05) is 75.4 Å². The molecule has 0 saturated heterocycles. The lowest BCUT2D eigenvalue weighted by Crippen LogP contribution is -2.24. The minimum atomic E-state index is -0.294. The van der Waals surface area contributed by atoms with Crippen molar-refractivity contribution in [1.82, 2.24) is 5.43 Å². The number of carbonyl (C=O) groups excluding carboxylic acids is 1. The number of allylic oxidation sites excluding steroid dienone is 1. The van der Waals surface area contributed by atoms with E-state index in [0.717, 1.165) is 16.7 Å². The molecule has 0 heterocycles. The molecule has 2 aromatic carbocycles. The molecule has 0 aliphatic carbocycles. The highest BCUT2D eigenvalue weighted by Crippen LogP contribution is 2.16. The van der Waals surface area contributed by atoms with Gasteiger partial charge >= 0.3 is 0 Å². The molecule has 0 aromatic heterocycles. The largest absolute Gasteiger partial charge is 0.484 e. The van der Waals surface area contributed by atoms with Crippen LogP contribution in [-0.4, -0.2) is 18.7 Å². The number of hydrazone groups is 1. The monoisotopic (exact) mass is 322 g/mol. The number of aryl methyl sites for hydroxylation is 2. The lowest BCUT2D eigenvalue weighted by Gasteiger charge is -2.07. The van der Waals surface area contributed by atoms with Crippen molar-refractivity contribution >= 4 is 18.2 Å². The number of carbonyl (C=O) groups is 1. The van der Waals surface area contributed by atoms with Crippen molar-refractivity contribution in [2.24, 2.45) is 5.10 Å². The van der Waals surface area contributed by atoms with E-state index in [0.29, 0.717) is 5.75 Å². The molecule has 4 nitrogen and oxygen atoms in total. The molecule has 0 aliphatic heterocycles. The van der Waals surface area contributed by atoms with Crippen molar-refractivity contribution < 1.29 is 9.53 Å². The second-order valence-electron chi connectivity index (χ2n) is 5.63. The number of ether oxygens (including phenoxy) is 1. The van der Waals surface area contributed by atoms with Gasteiger partial charge in [0.1, 0.15) is 5.75 Å². The van der Waals surface area contributed by atoms with Gasteiger partial charge in [0.25, 0.3) is 5.91 Å². The van der Waals surface area contributed by atoms with Crippen LogP contribution in [0.3, 0.4) is 0 Å². The summed E-state index contributed by atoms with van der Waals surface area (Å²) in [7, 11) is 0. The van der Waals surface area contributed by atoms with Crippen LogP contribution in [0.15, 0.2) is 59.2 Å². The first-order chi connectivity index (χ1) is 11.5. The van der Waals surface area contributed by atoms with Gasteiger partial charge in [-0.15, -0.1) is 0 Å². The van der Waals surface area contributed by atoms with Gasteiger partial charge < -0.3 is 4.74 Å². The summed E-state index contributed by atoms with van der Waals surface area (Å²) in [5, 5.41) is 3.94. The highest BCUT2D eigenvalue weighted by molar-refractivity contribution is 5.86. The number of hydrogen-bond acceptors (Lipinski definition) is 3. The zero-order chi connectivity index (χ0) is 17.4. The summed E-state index contributed by atoms with van der Waals surface area (Å²) < 4.78 is 5.46. The van der Waals surface area contributed by atoms with Crippen LogP contribution >= 0.6 is 0 Å². The summed E-state index contributed by atoms with van der Waals surface area (Å²) in [4.78, 5) is 11.7. The van der Waals surface area contributed by atoms with Crippen LogP contribution in [0.4, 0.5) is 0 Å². The molecule has 0 spiro atoms. The molecule has 1 amide bonds. The second kappa shape index (κ2) is 8.67. The zero-order valence-electron chi connectivity index (χ0n) is 14.2. The maximum atomic E-state index is 11.7. The van der Waals surface area contributed by atoms with Gasteiger partial charge in [-0.05, 0) is 55.2 Å².